The third-order valence-corrected chi connectivity index (χ3v) is 9.83. The second-order valence-electron chi connectivity index (χ2n) is 11.9. The van der Waals surface area contributed by atoms with E-state index in [1.165, 1.54) is 11.3 Å². The van der Waals surface area contributed by atoms with Crippen LogP contribution in [0, 0.1) is 0 Å². The quantitative estimate of drug-likeness (QED) is 0.138. The van der Waals surface area contributed by atoms with Gasteiger partial charge in [-0.3, -0.25) is 9.36 Å². The summed E-state index contributed by atoms with van der Waals surface area (Å²) in [5.74, 6) is 1.51. The Hall–Kier alpha value is -6.13. The summed E-state index contributed by atoms with van der Waals surface area (Å²) in [6.07, 6.45) is 1.79. The average molecular weight is 713 g/mol. The van der Waals surface area contributed by atoms with Crippen molar-refractivity contribution in [3.63, 3.8) is 0 Å². The molecule has 6 aromatic rings. The molecule has 9 nitrogen and oxygen atoms in total. The van der Waals surface area contributed by atoms with Crippen LogP contribution in [-0.4, -0.2) is 38.5 Å². The second kappa shape index (κ2) is 15.0. The minimum absolute atomic E-state index is 0.150. The number of rotatable bonds is 11. The predicted molar refractivity (Wildman–Crippen MR) is 202 cm³/mol. The molecule has 1 aliphatic heterocycles. The van der Waals surface area contributed by atoms with Gasteiger partial charge in [0.1, 0.15) is 6.61 Å². The lowest BCUT2D eigenvalue weighted by atomic mass is 9.93. The van der Waals surface area contributed by atoms with Gasteiger partial charge in [0.25, 0.3) is 5.56 Å². The average Bonchev–Trinajstić information content (AvgIpc) is 3.50. The summed E-state index contributed by atoms with van der Waals surface area (Å²) in [6.45, 7) is 2.25. The molecule has 1 aromatic heterocycles. The van der Waals surface area contributed by atoms with Crippen LogP contribution in [-0.2, 0) is 16.1 Å². The molecule has 0 bridgehead atoms. The lowest BCUT2D eigenvalue weighted by Crippen LogP contribution is -2.40. The number of methoxy groups -OCH3 is 3. The lowest BCUT2D eigenvalue weighted by Gasteiger charge is -2.26. The first-order valence-electron chi connectivity index (χ1n) is 16.7. The van der Waals surface area contributed by atoms with Gasteiger partial charge >= 0.3 is 5.97 Å². The van der Waals surface area contributed by atoms with Gasteiger partial charge in [0.05, 0.1) is 49.8 Å². The maximum atomic E-state index is 14.4. The number of fused-ring (bicyclic) bond motifs is 2. The van der Waals surface area contributed by atoms with Crippen molar-refractivity contribution < 1.29 is 28.5 Å². The fraction of sp³-hybridized carbons (Fsp3) is 0.167. The molecule has 0 spiro atoms. The molecule has 0 aliphatic carbocycles. The van der Waals surface area contributed by atoms with Gasteiger partial charge in [-0.2, -0.15) is 0 Å². The van der Waals surface area contributed by atoms with Crippen molar-refractivity contribution >= 4 is 39.9 Å². The van der Waals surface area contributed by atoms with E-state index in [1.54, 1.807) is 51.0 Å². The first kappa shape index (κ1) is 34.3. The van der Waals surface area contributed by atoms with Crippen molar-refractivity contribution in [3.05, 3.63) is 157 Å². The molecule has 1 atom stereocenters. The van der Waals surface area contributed by atoms with Crippen LogP contribution in [0.2, 0.25) is 0 Å². The Morgan fingerprint density at radius 2 is 1.52 bits per heavy atom. The molecule has 2 heterocycles. The van der Waals surface area contributed by atoms with Gasteiger partial charge in [-0.05, 0) is 64.7 Å². The van der Waals surface area contributed by atoms with Crippen molar-refractivity contribution in [1.82, 2.24) is 4.57 Å². The Bertz CT molecular complexity index is 2500. The second-order valence-corrected chi connectivity index (χ2v) is 12.9. The summed E-state index contributed by atoms with van der Waals surface area (Å²) in [7, 11) is 4.68. The molecule has 0 saturated carbocycles. The zero-order valence-electron chi connectivity index (χ0n) is 29.1. The molecule has 10 heteroatoms. The molecule has 0 unspecified atom stereocenters. The highest BCUT2D eigenvalue weighted by Crippen LogP contribution is 2.38. The van der Waals surface area contributed by atoms with Crippen LogP contribution in [0.3, 0.4) is 0 Å². The fourth-order valence-corrected chi connectivity index (χ4v) is 7.40. The molecule has 0 amide bonds. The summed E-state index contributed by atoms with van der Waals surface area (Å²) in [5.41, 5.74) is 3.51. The highest BCUT2D eigenvalue weighted by molar-refractivity contribution is 7.07. The summed E-state index contributed by atoms with van der Waals surface area (Å²) in [4.78, 5) is 33.6. The Labute approximate surface area is 304 Å². The minimum atomic E-state index is -0.869. The summed E-state index contributed by atoms with van der Waals surface area (Å²) in [6, 6.07) is 33.8. The Balaban J connectivity index is 1.33. The highest BCUT2D eigenvalue weighted by Gasteiger charge is 2.35. The molecule has 7 rings (SSSR count). The smallest absolute Gasteiger partial charge is 0.338 e. The van der Waals surface area contributed by atoms with Crippen LogP contribution in [0.1, 0.15) is 35.2 Å². The minimum Gasteiger partial charge on any atom is -0.493 e. The van der Waals surface area contributed by atoms with Gasteiger partial charge < -0.3 is 23.7 Å². The summed E-state index contributed by atoms with van der Waals surface area (Å²) >= 11 is 1.24. The number of ether oxygens (including phenoxy) is 5. The van der Waals surface area contributed by atoms with E-state index in [2.05, 4.69) is 24.3 Å². The zero-order valence-corrected chi connectivity index (χ0v) is 29.9. The van der Waals surface area contributed by atoms with Crippen molar-refractivity contribution in [2.45, 2.75) is 19.6 Å². The van der Waals surface area contributed by atoms with E-state index in [0.717, 1.165) is 27.5 Å². The number of carbonyl (C=O) groups excluding carboxylic acids is 1. The Morgan fingerprint density at radius 1 is 0.808 bits per heavy atom. The molecular weight excluding hydrogens is 677 g/mol. The van der Waals surface area contributed by atoms with Crippen LogP contribution in [0.15, 0.2) is 125 Å². The summed E-state index contributed by atoms with van der Waals surface area (Å²) in [5, 5.41) is 2.27. The monoisotopic (exact) mass is 712 g/mol. The standard InChI is InChI=1S/C42H36N2O7S/c1-5-50-41(46)37-38(28-13-7-6-8-14-28)43-42-44(39(37)29-19-21-32(47-2)35(24-29)49-4)40(45)36(52-42)23-26-18-20-33(34(22-26)48-3)51-25-30-16-11-15-27-12-9-10-17-31(27)30/h6-24,39H,5,25H2,1-4H3/b36-23-/t39-/m1/s1. The van der Waals surface area contributed by atoms with Crippen LogP contribution >= 0.6 is 11.3 Å². The van der Waals surface area contributed by atoms with E-state index < -0.39 is 12.0 Å². The number of thiazole rings is 1. The van der Waals surface area contributed by atoms with E-state index in [-0.39, 0.29) is 17.7 Å². The summed E-state index contributed by atoms with van der Waals surface area (Å²) < 4.78 is 30.6. The molecular formula is C42H36N2O7S. The topological polar surface area (TPSA) is 97.6 Å². The largest absolute Gasteiger partial charge is 0.493 e. The molecule has 0 N–H and O–H groups in total. The van der Waals surface area contributed by atoms with Gasteiger partial charge in [0.2, 0.25) is 0 Å². The number of nitrogens with zero attached hydrogens (tertiary/aromatic N) is 2. The van der Waals surface area contributed by atoms with Gasteiger partial charge in [-0.25, -0.2) is 9.79 Å². The maximum absolute atomic E-state index is 14.4. The molecule has 262 valence electrons. The number of benzene rings is 5. The maximum Gasteiger partial charge on any atom is 0.338 e. The van der Waals surface area contributed by atoms with Crippen molar-refractivity contribution in [2.24, 2.45) is 4.99 Å². The van der Waals surface area contributed by atoms with Crippen molar-refractivity contribution in [2.75, 3.05) is 27.9 Å². The molecule has 5 aromatic carbocycles. The number of aromatic nitrogens is 1. The van der Waals surface area contributed by atoms with Crippen LogP contribution in [0.25, 0.3) is 22.5 Å². The SMILES string of the molecule is CCOC(=O)C1=C(c2ccccc2)N=c2s/c(=C\c3ccc(OCc4cccc5ccccc45)c(OC)c3)c(=O)n2[C@@H]1c1ccc(OC)c(OC)c1. The third-order valence-electron chi connectivity index (χ3n) is 8.85. The zero-order chi connectivity index (χ0) is 36.2. The number of hydrogen-bond acceptors (Lipinski definition) is 9. The van der Waals surface area contributed by atoms with Gasteiger partial charge in [0, 0.05) is 5.56 Å². The van der Waals surface area contributed by atoms with Crippen molar-refractivity contribution in [3.8, 4) is 23.0 Å². The molecule has 0 radical (unpaired) electrons. The molecule has 52 heavy (non-hydrogen) atoms. The number of carbonyl (C=O) groups is 1. The first-order chi connectivity index (χ1) is 25.4. The van der Waals surface area contributed by atoms with Crippen LogP contribution in [0.4, 0.5) is 0 Å². The van der Waals surface area contributed by atoms with Gasteiger partial charge in [-0.15, -0.1) is 0 Å². The number of hydrogen-bond donors (Lipinski definition) is 0. The highest BCUT2D eigenvalue weighted by atomic mass is 32.1. The van der Waals surface area contributed by atoms with Gasteiger partial charge in [0.15, 0.2) is 27.8 Å². The van der Waals surface area contributed by atoms with Crippen LogP contribution < -0.4 is 33.8 Å². The van der Waals surface area contributed by atoms with E-state index in [9.17, 15) is 9.59 Å². The first-order valence-corrected chi connectivity index (χ1v) is 17.5. The van der Waals surface area contributed by atoms with E-state index in [0.29, 0.717) is 50.2 Å². The predicted octanol–water partition coefficient (Wildman–Crippen LogP) is 6.69. The van der Waals surface area contributed by atoms with Crippen molar-refractivity contribution in [1.29, 1.82) is 0 Å². The molecule has 0 saturated heterocycles. The molecule has 0 fully saturated rings. The van der Waals surface area contributed by atoms with Crippen LogP contribution in [0.5, 0.6) is 23.0 Å². The number of esters is 1. The lowest BCUT2D eigenvalue weighted by molar-refractivity contribution is -0.138. The van der Waals surface area contributed by atoms with E-state index in [4.69, 9.17) is 28.7 Å². The third kappa shape index (κ3) is 6.56. The van der Waals surface area contributed by atoms with E-state index in [1.807, 2.05) is 72.8 Å². The normalized spacial score (nSPS) is 14.1. The van der Waals surface area contributed by atoms with Gasteiger partial charge in [-0.1, -0.05) is 96.3 Å². The fourth-order valence-electron chi connectivity index (χ4n) is 6.40. The molecule has 1 aliphatic rings. The van der Waals surface area contributed by atoms with E-state index >= 15 is 0 Å². The Morgan fingerprint density at radius 3 is 2.29 bits per heavy atom. The Kier molecular flexibility index (Phi) is 9.90.